The van der Waals surface area contributed by atoms with Gasteiger partial charge < -0.3 is 9.47 Å². The van der Waals surface area contributed by atoms with E-state index in [1.165, 1.54) is 0 Å². The molecule has 84 valence electrons. The van der Waals surface area contributed by atoms with E-state index in [0.717, 1.165) is 15.8 Å². The molecule has 1 aromatic carbocycles. The molecular formula is C11H14BrClO2. The number of methoxy groups -OCH3 is 1. The highest BCUT2D eigenvalue weighted by molar-refractivity contribution is 9.10. The summed E-state index contributed by atoms with van der Waals surface area (Å²) >= 11 is 9.26. The highest BCUT2D eigenvalue weighted by Gasteiger charge is 2.08. The number of alkyl halides is 1. The average molecular weight is 294 g/mol. The van der Waals surface area contributed by atoms with Crippen molar-refractivity contribution in [2.45, 2.75) is 18.9 Å². The molecule has 1 aromatic rings. The fourth-order valence-electron chi connectivity index (χ4n) is 1.09. The van der Waals surface area contributed by atoms with Crippen LogP contribution in [0.4, 0.5) is 0 Å². The molecule has 0 saturated carbocycles. The van der Waals surface area contributed by atoms with Crippen molar-refractivity contribution < 1.29 is 9.47 Å². The molecule has 0 N–H and O–H groups in total. The molecule has 4 heteroatoms. The summed E-state index contributed by atoms with van der Waals surface area (Å²) in [5.74, 6) is 1.24. The zero-order valence-electron chi connectivity index (χ0n) is 8.80. The summed E-state index contributed by atoms with van der Waals surface area (Å²) in [5, 5.41) is 0. The van der Waals surface area contributed by atoms with Crippen molar-refractivity contribution in [3.05, 3.63) is 28.2 Å². The highest BCUT2D eigenvalue weighted by atomic mass is 79.9. The maximum atomic E-state index is 5.82. The molecule has 0 aromatic heterocycles. The molecule has 0 radical (unpaired) electrons. The third-order valence-corrected chi connectivity index (χ3v) is 2.97. The molecule has 0 aliphatic rings. The summed E-state index contributed by atoms with van der Waals surface area (Å²) < 4.78 is 11.7. The van der Waals surface area contributed by atoms with Crippen LogP contribution in [0.5, 0.6) is 5.75 Å². The second-order valence-electron chi connectivity index (χ2n) is 3.22. The van der Waals surface area contributed by atoms with Crippen LogP contribution in [0.2, 0.25) is 0 Å². The fourth-order valence-corrected chi connectivity index (χ4v) is 1.82. The van der Waals surface area contributed by atoms with Crippen molar-refractivity contribution in [1.29, 1.82) is 0 Å². The molecule has 0 aliphatic heterocycles. The molecule has 0 fully saturated rings. The molecule has 1 unspecified atom stereocenters. The molecule has 0 aliphatic carbocycles. The van der Waals surface area contributed by atoms with Crippen LogP contribution in [0.15, 0.2) is 22.7 Å². The van der Waals surface area contributed by atoms with E-state index >= 15 is 0 Å². The van der Waals surface area contributed by atoms with Gasteiger partial charge in [-0.1, -0.05) is 12.1 Å². The summed E-state index contributed by atoms with van der Waals surface area (Å²) in [7, 11) is 1.66. The van der Waals surface area contributed by atoms with Crippen LogP contribution in [-0.2, 0) is 10.6 Å². The highest BCUT2D eigenvalue weighted by Crippen LogP contribution is 2.30. The Kier molecular flexibility index (Phi) is 5.43. The summed E-state index contributed by atoms with van der Waals surface area (Å²) in [6.07, 6.45) is 0.0697. The Labute approximate surface area is 104 Å². The van der Waals surface area contributed by atoms with Gasteiger partial charge in [0.1, 0.15) is 12.4 Å². The minimum absolute atomic E-state index is 0.0697. The molecule has 2 nitrogen and oxygen atoms in total. The van der Waals surface area contributed by atoms with Crippen LogP contribution in [0.1, 0.15) is 12.5 Å². The van der Waals surface area contributed by atoms with Gasteiger partial charge in [-0.25, -0.2) is 0 Å². The maximum absolute atomic E-state index is 5.82. The van der Waals surface area contributed by atoms with E-state index in [4.69, 9.17) is 21.1 Å². The molecule has 1 atom stereocenters. The topological polar surface area (TPSA) is 18.5 Å². The molecule has 1 rings (SSSR count). The minimum Gasteiger partial charge on any atom is -0.489 e. The van der Waals surface area contributed by atoms with Gasteiger partial charge >= 0.3 is 0 Å². The SMILES string of the molecule is COC(C)COc1c(Br)cccc1CCl. The maximum Gasteiger partial charge on any atom is 0.138 e. The summed E-state index contributed by atoms with van der Waals surface area (Å²) in [4.78, 5) is 0. The lowest BCUT2D eigenvalue weighted by molar-refractivity contribution is 0.0711. The number of hydrogen-bond acceptors (Lipinski definition) is 2. The standard InChI is InChI=1S/C11H14BrClO2/c1-8(14-2)7-15-11-9(6-13)4-3-5-10(11)12/h3-5,8H,6-7H2,1-2H3. The Hall–Kier alpha value is -0.250. The van der Waals surface area contributed by atoms with E-state index in [-0.39, 0.29) is 6.10 Å². The quantitative estimate of drug-likeness (QED) is 0.772. The Bertz CT molecular complexity index is 317. The van der Waals surface area contributed by atoms with E-state index in [1.807, 2.05) is 25.1 Å². The van der Waals surface area contributed by atoms with Crippen LogP contribution in [0.25, 0.3) is 0 Å². The smallest absolute Gasteiger partial charge is 0.138 e. The zero-order valence-corrected chi connectivity index (χ0v) is 11.1. The largest absolute Gasteiger partial charge is 0.489 e. The van der Waals surface area contributed by atoms with Gasteiger partial charge in [0, 0.05) is 12.7 Å². The van der Waals surface area contributed by atoms with Crippen LogP contribution in [0, 0.1) is 0 Å². The lowest BCUT2D eigenvalue weighted by Crippen LogP contribution is -2.16. The first-order valence-corrected chi connectivity index (χ1v) is 6.00. The zero-order chi connectivity index (χ0) is 11.3. The van der Waals surface area contributed by atoms with Crippen molar-refractivity contribution in [3.63, 3.8) is 0 Å². The molecule has 0 amide bonds. The van der Waals surface area contributed by atoms with E-state index in [2.05, 4.69) is 15.9 Å². The predicted molar refractivity (Wildman–Crippen MR) is 65.7 cm³/mol. The van der Waals surface area contributed by atoms with Crippen molar-refractivity contribution in [2.75, 3.05) is 13.7 Å². The molecule has 0 bridgehead atoms. The van der Waals surface area contributed by atoms with Crippen LogP contribution >= 0.6 is 27.5 Å². The summed E-state index contributed by atoms with van der Waals surface area (Å²) in [5.41, 5.74) is 0.981. The number of halogens is 2. The van der Waals surface area contributed by atoms with E-state index < -0.39 is 0 Å². The van der Waals surface area contributed by atoms with E-state index in [0.29, 0.717) is 12.5 Å². The van der Waals surface area contributed by atoms with Gasteiger partial charge in [0.05, 0.1) is 16.5 Å². The summed E-state index contributed by atoms with van der Waals surface area (Å²) in [6, 6.07) is 5.82. The predicted octanol–water partition coefficient (Wildman–Crippen LogP) is 3.60. The normalized spacial score (nSPS) is 12.5. The molecular weight excluding hydrogens is 279 g/mol. The third-order valence-electron chi connectivity index (χ3n) is 2.06. The number of para-hydroxylation sites is 1. The lowest BCUT2D eigenvalue weighted by atomic mass is 10.2. The van der Waals surface area contributed by atoms with Crippen molar-refractivity contribution in [1.82, 2.24) is 0 Å². The van der Waals surface area contributed by atoms with Gasteiger partial charge in [0.15, 0.2) is 0 Å². The monoisotopic (exact) mass is 292 g/mol. The van der Waals surface area contributed by atoms with Gasteiger partial charge in [-0.05, 0) is 28.9 Å². The van der Waals surface area contributed by atoms with Gasteiger partial charge in [0.2, 0.25) is 0 Å². The second kappa shape index (κ2) is 6.36. The van der Waals surface area contributed by atoms with Gasteiger partial charge in [0.25, 0.3) is 0 Å². The van der Waals surface area contributed by atoms with Crippen LogP contribution in [0.3, 0.4) is 0 Å². The minimum atomic E-state index is 0.0697. The second-order valence-corrected chi connectivity index (χ2v) is 4.34. The first-order chi connectivity index (χ1) is 7.19. The summed E-state index contributed by atoms with van der Waals surface area (Å²) in [6.45, 7) is 2.47. The van der Waals surface area contributed by atoms with Gasteiger partial charge in [-0.2, -0.15) is 0 Å². The number of hydrogen-bond donors (Lipinski definition) is 0. The molecule has 0 spiro atoms. The number of rotatable bonds is 5. The Balaban J connectivity index is 2.74. The van der Waals surface area contributed by atoms with Gasteiger partial charge in [-0.3, -0.25) is 0 Å². The van der Waals surface area contributed by atoms with Gasteiger partial charge in [-0.15, -0.1) is 11.6 Å². The van der Waals surface area contributed by atoms with Crippen molar-refractivity contribution in [3.8, 4) is 5.75 Å². The van der Waals surface area contributed by atoms with Crippen molar-refractivity contribution in [2.24, 2.45) is 0 Å². The van der Waals surface area contributed by atoms with Crippen LogP contribution in [-0.4, -0.2) is 19.8 Å². The molecule has 0 heterocycles. The lowest BCUT2D eigenvalue weighted by Gasteiger charge is -2.14. The number of ether oxygens (including phenoxy) is 2. The Morgan fingerprint density at radius 2 is 2.20 bits per heavy atom. The molecule has 0 saturated heterocycles. The van der Waals surface area contributed by atoms with Crippen LogP contribution < -0.4 is 4.74 Å². The fraction of sp³-hybridized carbons (Fsp3) is 0.455. The Morgan fingerprint density at radius 3 is 2.80 bits per heavy atom. The first kappa shape index (κ1) is 12.8. The number of benzene rings is 1. The average Bonchev–Trinajstić information content (AvgIpc) is 2.26. The first-order valence-electron chi connectivity index (χ1n) is 4.68. The van der Waals surface area contributed by atoms with Crippen molar-refractivity contribution >= 4 is 27.5 Å². The third kappa shape index (κ3) is 3.67. The Morgan fingerprint density at radius 1 is 1.47 bits per heavy atom. The van der Waals surface area contributed by atoms with E-state index in [9.17, 15) is 0 Å². The van der Waals surface area contributed by atoms with E-state index in [1.54, 1.807) is 7.11 Å². The molecule has 15 heavy (non-hydrogen) atoms.